The Morgan fingerprint density at radius 2 is 2.15 bits per heavy atom. The molecule has 4 nitrogen and oxygen atoms in total. The fourth-order valence-electron chi connectivity index (χ4n) is 0.690. The summed E-state index contributed by atoms with van der Waals surface area (Å²) >= 11 is 7.19. The van der Waals surface area contributed by atoms with Gasteiger partial charge in [0.25, 0.3) is 0 Å². The van der Waals surface area contributed by atoms with Crippen LogP contribution in [0.4, 0.5) is 0 Å². The Morgan fingerprint density at radius 1 is 1.46 bits per heavy atom. The summed E-state index contributed by atoms with van der Waals surface area (Å²) in [6.07, 6.45) is 0. The number of thiophene rings is 1. The molecule has 0 bridgehead atoms. The fraction of sp³-hybridized carbons (Fsp3) is 0.143. The molecule has 0 aliphatic heterocycles. The first-order chi connectivity index (χ1) is 6.09. The maximum absolute atomic E-state index is 5.75. The third kappa shape index (κ3) is 3.04. The van der Waals surface area contributed by atoms with E-state index in [-0.39, 0.29) is 5.96 Å². The summed E-state index contributed by atoms with van der Waals surface area (Å²) in [5.41, 5.74) is 11.9. The topological polar surface area (TPSA) is 76.8 Å². The van der Waals surface area contributed by atoms with Crippen molar-refractivity contribution in [1.82, 2.24) is 0 Å². The Morgan fingerprint density at radius 3 is 2.62 bits per heavy atom. The number of hydrogen-bond donors (Lipinski definition) is 2. The molecule has 0 fully saturated rings. The minimum absolute atomic E-state index is 0.0549. The van der Waals surface area contributed by atoms with Crippen molar-refractivity contribution in [1.29, 1.82) is 0 Å². The molecule has 13 heavy (non-hydrogen) atoms. The number of nitrogens with two attached hydrogens (primary N) is 2. The zero-order valence-electron chi connectivity index (χ0n) is 6.99. The van der Waals surface area contributed by atoms with E-state index in [1.54, 1.807) is 0 Å². The van der Waals surface area contributed by atoms with Crippen LogP contribution in [0.3, 0.4) is 0 Å². The monoisotopic (exact) mass is 216 g/mol. The average molecular weight is 217 g/mol. The quantitative estimate of drug-likeness (QED) is 0.445. The third-order valence-corrected chi connectivity index (χ3v) is 2.39. The van der Waals surface area contributed by atoms with Crippen LogP contribution in [0.25, 0.3) is 0 Å². The lowest BCUT2D eigenvalue weighted by atomic mass is 10.2. The minimum Gasteiger partial charge on any atom is -0.369 e. The van der Waals surface area contributed by atoms with Crippen LogP contribution in [0.1, 0.15) is 12.5 Å². The van der Waals surface area contributed by atoms with E-state index in [9.17, 15) is 0 Å². The first kappa shape index (κ1) is 10.0. The molecular weight excluding hydrogens is 208 g/mol. The zero-order valence-corrected chi connectivity index (χ0v) is 8.56. The van der Waals surface area contributed by atoms with Crippen LogP contribution in [-0.4, -0.2) is 11.7 Å². The highest BCUT2D eigenvalue weighted by atomic mass is 35.5. The van der Waals surface area contributed by atoms with E-state index in [4.69, 9.17) is 23.1 Å². The molecule has 1 aromatic heterocycles. The van der Waals surface area contributed by atoms with Gasteiger partial charge in [-0.3, -0.25) is 0 Å². The van der Waals surface area contributed by atoms with Gasteiger partial charge >= 0.3 is 0 Å². The Bertz CT molecular complexity index is 351. The first-order valence-electron chi connectivity index (χ1n) is 3.47. The normalized spacial score (nSPS) is 11.4. The Labute approximate surface area is 84.9 Å². The van der Waals surface area contributed by atoms with Gasteiger partial charge in [-0.25, -0.2) is 0 Å². The predicted molar refractivity (Wildman–Crippen MR) is 57.3 cm³/mol. The maximum atomic E-state index is 5.75. The summed E-state index contributed by atoms with van der Waals surface area (Å²) in [4.78, 5) is 0. The molecule has 0 saturated heterocycles. The van der Waals surface area contributed by atoms with Crippen LogP contribution in [0.2, 0.25) is 4.34 Å². The molecule has 1 aromatic rings. The molecule has 0 aliphatic carbocycles. The summed E-state index contributed by atoms with van der Waals surface area (Å²) < 4.78 is 0.717. The van der Waals surface area contributed by atoms with E-state index in [2.05, 4.69) is 10.2 Å². The molecule has 0 unspecified atom stereocenters. The summed E-state index contributed by atoms with van der Waals surface area (Å²) in [6.45, 7) is 1.81. The second kappa shape index (κ2) is 4.25. The Balaban J connectivity index is 2.85. The van der Waals surface area contributed by atoms with Crippen LogP contribution < -0.4 is 11.5 Å². The minimum atomic E-state index is -0.0549. The Kier molecular flexibility index (Phi) is 3.27. The SMILES string of the molecule is C/C(=N\N=C(N)N)c1csc(Cl)c1. The smallest absolute Gasteiger partial charge is 0.211 e. The van der Waals surface area contributed by atoms with Gasteiger partial charge in [-0.15, -0.1) is 16.4 Å². The number of halogens is 1. The second-order valence-corrected chi connectivity index (χ2v) is 3.89. The highest BCUT2D eigenvalue weighted by Crippen LogP contribution is 2.20. The van der Waals surface area contributed by atoms with Crippen molar-refractivity contribution < 1.29 is 0 Å². The lowest BCUT2D eigenvalue weighted by Crippen LogP contribution is -2.22. The van der Waals surface area contributed by atoms with Crippen molar-refractivity contribution >= 4 is 34.6 Å². The van der Waals surface area contributed by atoms with Crippen molar-refractivity contribution in [3.63, 3.8) is 0 Å². The molecule has 0 atom stereocenters. The molecule has 70 valence electrons. The number of hydrogen-bond acceptors (Lipinski definition) is 3. The molecule has 6 heteroatoms. The van der Waals surface area contributed by atoms with Gasteiger partial charge in [0.2, 0.25) is 5.96 Å². The molecule has 0 spiro atoms. The molecule has 0 aliphatic rings. The van der Waals surface area contributed by atoms with Gasteiger partial charge in [0.05, 0.1) is 10.0 Å². The van der Waals surface area contributed by atoms with Gasteiger partial charge in [0, 0.05) is 10.9 Å². The molecule has 0 radical (unpaired) electrons. The van der Waals surface area contributed by atoms with E-state index in [1.807, 2.05) is 18.4 Å². The molecule has 4 N–H and O–H groups in total. The zero-order chi connectivity index (χ0) is 9.84. The molecule has 0 aromatic carbocycles. The van der Waals surface area contributed by atoms with Crippen LogP contribution >= 0.6 is 22.9 Å². The van der Waals surface area contributed by atoms with Crippen molar-refractivity contribution in [2.45, 2.75) is 6.92 Å². The highest BCUT2D eigenvalue weighted by molar-refractivity contribution is 7.14. The largest absolute Gasteiger partial charge is 0.369 e. The molecule has 0 saturated carbocycles. The third-order valence-electron chi connectivity index (χ3n) is 1.30. The predicted octanol–water partition coefficient (Wildman–Crippen LogP) is 1.40. The summed E-state index contributed by atoms with van der Waals surface area (Å²) in [7, 11) is 0. The lowest BCUT2D eigenvalue weighted by molar-refractivity contribution is 1.20. The van der Waals surface area contributed by atoms with Crippen LogP contribution in [0.15, 0.2) is 21.6 Å². The van der Waals surface area contributed by atoms with Gasteiger partial charge in [-0.2, -0.15) is 5.10 Å². The highest BCUT2D eigenvalue weighted by Gasteiger charge is 2.00. The van der Waals surface area contributed by atoms with E-state index in [1.165, 1.54) is 11.3 Å². The summed E-state index contributed by atoms with van der Waals surface area (Å²) in [5.74, 6) is -0.0549. The van der Waals surface area contributed by atoms with Crippen molar-refractivity contribution in [2.75, 3.05) is 0 Å². The van der Waals surface area contributed by atoms with Crippen molar-refractivity contribution in [3.8, 4) is 0 Å². The molecule has 0 amide bonds. The van der Waals surface area contributed by atoms with Gasteiger partial charge in [-0.1, -0.05) is 11.6 Å². The number of nitrogens with zero attached hydrogens (tertiary/aromatic N) is 2. The summed E-state index contributed by atoms with van der Waals surface area (Å²) in [6, 6.07) is 1.81. The van der Waals surface area contributed by atoms with Crippen LogP contribution in [-0.2, 0) is 0 Å². The number of guanidine groups is 1. The van der Waals surface area contributed by atoms with Crippen molar-refractivity contribution in [2.24, 2.45) is 21.7 Å². The van der Waals surface area contributed by atoms with E-state index < -0.39 is 0 Å². The molecular formula is C7H9ClN4S. The second-order valence-electron chi connectivity index (χ2n) is 2.35. The van der Waals surface area contributed by atoms with Gasteiger partial charge in [0.15, 0.2) is 0 Å². The van der Waals surface area contributed by atoms with Gasteiger partial charge in [0.1, 0.15) is 0 Å². The first-order valence-corrected chi connectivity index (χ1v) is 4.73. The van der Waals surface area contributed by atoms with Crippen LogP contribution in [0, 0.1) is 0 Å². The fourth-order valence-corrected chi connectivity index (χ4v) is 1.61. The average Bonchev–Trinajstić information content (AvgIpc) is 2.47. The van der Waals surface area contributed by atoms with Gasteiger partial charge < -0.3 is 11.5 Å². The number of rotatable bonds is 2. The van der Waals surface area contributed by atoms with Crippen LogP contribution in [0.5, 0.6) is 0 Å². The van der Waals surface area contributed by atoms with E-state index in [0.717, 1.165) is 11.3 Å². The lowest BCUT2D eigenvalue weighted by Gasteiger charge is -1.91. The molecule has 1 heterocycles. The summed E-state index contributed by atoms with van der Waals surface area (Å²) in [5, 5.41) is 9.23. The standard InChI is InChI=1S/C7H9ClN4S/c1-4(11-12-7(9)10)5-2-6(8)13-3-5/h2-3H,1H3,(H4,9,10,12)/b11-4+. The van der Waals surface area contributed by atoms with E-state index in [0.29, 0.717) is 4.34 Å². The molecule has 1 rings (SSSR count). The van der Waals surface area contributed by atoms with E-state index >= 15 is 0 Å². The van der Waals surface area contributed by atoms with Crippen molar-refractivity contribution in [3.05, 3.63) is 21.3 Å². The Hall–Kier alpha value is -1.07. The van der Waals surface area contributed by atoms with Gasteiger partial charge in [-0.05, 0) is 13.0 Å². The maximum Gasteiger partial charge on any atom is 0.211 e.